The van der Waals surface area contributed by atoms with Gasteiger partial charge in [0.25, 0.3) is 5.91 Å². The van der Waals surface area contributed by atoms with E-state index in [1.807, 2.05) is 31.2 Å². The van der Waals surface area contributed by atoms with Crippen LogP contribution in [0.15, 0.2) is 53.4 Å². The predicted molar refractivity (Wildman–Crippen MR) is 107 cm³/mol. The molecule has 150 valence electrons. The third-order valence-electron chi connectivity index (χ3n) is 4.74. The van der Waals surface area contributed by atoms with Gasteiger partial charge in [-0.1, -0.05) is 17.7 Å². The highest BCUT2D eigenvalue weighted by atomic mass is 32.2. The van der Waals surface area contributed by atoms with Gasteiger partial charge in [0.1, 0.15) is 5.75 Å². The summed E-state index contributed by atoms with van der Waals surface area (Å²) in [6, 6.07) is 13.7. The molecule has 1 aliphatic heterocycles. The standard InChI is InChI=1S/C20H25N3O4S/c1-16-3-7-18(8-4-16)27-15-20(24)21-17-5-9-19(10-6-17)28(25,26)23-13-11-22(2)12-14-23/h3-10H,11-15H2,1-2H3,(H,21,24)/p+1. The molecule has 3 rings (SSSR count). The number of ether oxygens (including phenoxy) is 1. The average molecular weight is 405 g/mol. The van der Waals surface area contributed by atoms with E-state index in [4.69, 9.17) is 4.74 Å². The molecule has 0 aromatic heterocycles. The number of hydrogen-bond acceptors (Lipinski definition) is 4. The molecule has 1 saturated heterocycles. The molecular formula is C20H26N3O4S+. The van der Waals surface area contributed by atoms with Crippen LogP contribution in [0, 0.1) is 6.92 Å². The molecule has 8 heteroatoms. The van der Waals surface area contributed by atoms with Crippen LogP contribution in [0.4, 0.5) is 5.69 Å². The number of amides is 1. The molecule has 7 nitrogen and oxygen atoms in total. The molecule has 0 radical (unpaired) electrons. The van der Waals surface area contributed by atoms with Gasteiger partial charge < -0.3 is 15.0 Å². The molecule has 0 atom stereocenters. The van der Waals surface area contributed by atoms with E-state index in [0.29, 0.717) is 24.5 Å². The first-order valence-corrected chi connectivity index (χ1v) is 10.7. The molecule has 1 fully saturated rings. The number of rotatable bonds is 6. The molecule has 2 aromatic carbocycles. The van der Waals surface area contributed by atoms with Crippen molar-refractivity contribution in [3.8, 4) is 5.75 Å². The number of nitrogens with one attached hydrogen (secondary N) is 2. The Morgan fingerprint density at radius 3 is 2.29 bits per heavy atom. The topological polar surface area (TPSA) is 80.1 Å². The normalized spacial score (nSPS) is 15.9. The first-order valence-electron chi connectivity index (χ1n) is 9.25. The molecule has 2 aromatic rings. The van der Waals surface area contributed by atoms with Gasteiger partial charge in [0, 0.05) is 5.69 Å². The van der Waals surface area contributed by atoms with Gasteiger partial charge in [0.2, 0.25) is 10.0 Å². The van der Waals surface area contributed by atoms with Gasteiger partial charge in [-0.3, -0.25) is 4.79 Å². The van der Waals surface area contributed by atoms with Crippen molar-refractivity contribution in [1.82, 2.24) is 4.31 Å². The van der Waals surface area contributed by atoms with E-state index in [2.05, 4.69) is 12.4 Å². The molecule has 0 aliphatic carbocycles. The SMILES string of the molecule is Cc1ccc(OCC(=O)Nc2ccc(S(=O)(=O)N3CC[NH+](C)CC3)cc2)cc1. The van der Waals surface area contributed by atoms with Crippen LogP contribution >= 0.6 is 0 Å². The lowest BCUT2D eigenvalue weighted by Gasteiger charge is -2.29. The predicted octanol–water partition coefficient (Wildman–Crippen LogP) is 0.532. The number of likely N-dealkylation sites (N-methyl/N-ethyl adjacent to an activating group) is 1. The lowest BCUT2D eigenvalue weighted by atomic mass is 10.2. The molecule has 0 spiro atoms. The third kappa shape index (κ3) is 5.09. The maximum absolute atomic E-state index is 12.7. The number of carbonyl (C=O) groups is 1. The van der Waals surface area contributed by atoms with Crippen molar-refractivity contribution in [2.24, 2.45) is 0 Å². The van der Waals surface area contributed by atoms with Gasteiger partial charge in [-0.05, 0) is 43.3 Å². The number of anilines is 1. The van der Waals surface area contributed by atoms with E-state index < -0.39 is 10.0 Å². The van der Waals surface area contributed by atoms with E-state index in [0.717, 1.165) is 18.7 Å². The van der Waals surface area contributed by atoms with Crippen molar-refractivity contribution in [3.05, 3.63) is 54.1 Å². The minimum atomic E-state index is -3.50. The second-order valence-electron chi connectivity index (χ2n) is 7.04. The fourth-order valence-electron chi connectivity index (χ4n) is 2.95. The number of quaternary nitrogens is 1. The molecule has 0 saturated carbocycles. The molecule has 1 amide bonds. The summed E-state index contributed by atoms with van der Waals surface area (Å²) in [5.41, 5.74) is 1.64. The summed E-state index contributed by atoms with van der Waals surface area (Å²) in [4.78, 5) is 13.6. The van der Waals surface area contributed by atoms with E-state index in [1.165, 1.54) is 21.3 Å². The van der Waals surface area contributed by atoms with Crippen molar-refractivity contribution >= 4 is 21.6 Å². The second-order valence-corrected chi connectivity index (χ2v) is 8.97. The van der Waals surface area contributed by atoms with Crippen molar-refractivity contribution in [2.75, 3.05) is 45.2 Å². The minimum Gasteiger partial charge on any atom is -0.484 e. The number of carbonyl (C=O) groups excluding carboxylic acids is 1. The van der Waals surface area contributed by atoms with Gasteiger partial charge in [-0.2, -0.15) is 4.31 Å². The fourth-order valence-corrected chi connectivity index (χ4v) is 4.39. The van der Waals surface area contributed by atoms with Crippen LogP contribution in [0.25, 0.3) is 0 Å². The molecular weight excluding hydrogens is 378 g/mol. The number of hydrogen-bond donors (Lipinski definition) is 2. The number of nitrogens with zero attached hydrogens (tertiary/aromatic N) is 1. The third-order valence-corrected chi connectivity index (χ3v) is 6.66. The monoisotopic (exact) mass is 404 g/mol. The zero-order chi connectivity index (χ0) is 20.1. The second kappa shape index (κ2) is 8.72. The number of aryl methyl sites for hydroxylation is 1. The van der Waals surface area contributed by atoms with Crippen molar-refractivity contribution in [2.45, 2.75) is 11.8 Å². The first-order chi connectivity index (χ1) is 13.3. The quantitative estimate of drug-likeness (QED) is 0.736. The van der Waals surface area contributed by atoms with E-state index in [9.17, 15) is 13.2 Å². The first kappa shape index (κ1) is 20.3. The Bertz CT molecular complexity index is 903. The highest BCUT2D eigenvalue weighted by molar-refractivity contribution is 7.89. The van der Waals surface area contributed by atoms with Crippen LogP contribution in [-0.2, 0) is 14.8 Å². The lowest BCUT2D eigenvalue weighted by Crippen LogP contribution is -3.12. The molecule has 28 heavy (non-hydrogen) atoms. The Labute approximate surface area is 166 Å². The van der Waals surface area contributed by atoms with Crippen LogP contribution in [0.3, 0.4) is 0 Å². The Morgan fingerprint density at radius 1 is 1.07 bits per heavy atom. The van der Waals surface area contributed by atoms with Crippen LogP contribution in [0.2, 0.25) is 0 Å². The van der Waals surface area contributed by atoms with Gasteiger partial charge in [-0.25, -0.2) is 8.42 Å². The summed E-state index contributed by atoms with van der Waals surface area (Å²) in [7, 11) is -1.44. The summed E-state index contributed by atoms with van der Waals surface area (Å²) in [5.74, 6) is 0.314. The molecule has 1 heterocycles. The highest BCUT2D eigenvalue weighted by Crippen LogP contribution is 2.18. The van der Waals surface area contributed by atoms with Crippen molar-refractivity contribution in [3.63, 3.8) is 0 Å². The summed E-state index contributed by atoms with van der Waals surface area (Å²) in [6.45, 7) is 4.49. The summed E-state index contributed by atoms with van der Waals surface area (Å²) in [6.07, 6.45) is 0. The Hall–Kier alpha value is -2.42. The fraction of sp³-hybridized carbons (Fsp3) is 0.350. The number of sulfonamides is 1. The lowest BCUT2D eigenvalue weighted by molar-refractivity contribution is -0.883. The van der Waals surface area contributed by atoms with Crippen molar-refractivity contribution in [1.29, 1.82) is 0 Å². The smallest absolute Gasteiger partial charge is 0.262 e. The van der Waals surface area contributed by atoms with Crippen molar-refractivity contribution < 1.29 is 22.8 Å². The van der Waals surface area contributed by atoms with Crippen LogP contribution in [-0.4, -0.2) is 58.5 Å². The maximum atomic E-state index is 12.7. The largest absolute Gasteiger partial charge is 0.484 e. The molecule has 0 bridgehead atoms. The molecule has 0 unspecified atom stereocenters. The average Bonchev–Trinajstić information content (AvgIpc) is 2.68. The molecule has 2 N–H and O–H groups in total. The van der Waals surface area contributed by atoms with Gasteiger partial charge in [-0.15, -0.1) is 0 Å². The number of benzene rings is 2. The van der Waals surface area contributed by atoms with Crippen LogP contribution in [0.1, 0.15) is 5.56 Å². The highest BCUT2D eigenvalue weighted by Gasteiger charge is 2.28. The van der Waals surface area contributed by atoms with Gasteiger partial charge in [0.15, 0.2) is 6.61 Å². The number of piperazine rings is 1. The Balaban J connectivity index is 1.56. The summed E-state index contributed by atoms with van der Waals surface area (Å²) >= 11 is 0. The zero-order valence-corrected chi connectivity index (χ0v) is 17.0. The molecule has 1 aliphatic rings. The Kier molecular flexibility index (Phi) is 6.33. The summed E-state index contributed by atoms with van der Waals surface area (Å²) in [5, 5.41) is 2.71. The van der Waals surface area contributed by atoms with Crippen LogP contribution < -0.4 is 15.0 Å². The minimum absolute atomic E-state index is 0.118. The summed E-state index contributed by atoms with van der Waals surface area (Å²) < 4.78 is 32.4. The maximum Gasteiger partial charge on any atom is 0.262 e. The van der Waals surface area contributed by atoms with E-state index in [-0.39, 0.29) is 17.4 Å². The van der Waals surface area contributed by atoms with E-state index in [1.54, 1.807) is 12.1 Å². The Morgan fingerprint density at radius 2 is 1.68 bits per heavy atom. The van der Waals surface area contributed by atoms with E-state index >= 15 is 0 Å². The van der Waals surface area contributed by atoms with Gasteiger partial charge >= 0.3 is 0 Å². The van der Waals surface area contributed by atoms with Gasteiger partial charge in [0.05, 0.1) is 38.1 Å². The van der Waals surface area contributed by atoms with Crippen LogP contribution in [0.5, 0.6) is 5.75 Å². The zero-order valence-electron chi connectivity index (χ0n) is 16.1.